The molecule has 0 aromatic heterocycles. The minimum Gasteiger partial charge on any atom is -0.494 e. The van der Waals surface area contributed by atoms with Crippen molar-refractivity contribution in [2.45, 2.75) is 32.6 Å². The van der Waals surface area contributed by atoms with Crippen molar-refractivity contribution in [3.8, 4) is 5.75 Å². The number of anilines is 1. The van der Waals surface area contributed by atoms with Gasteiger partial charge in [-0.05, 0) is 44.0 Å². The molecule has 0 bridgehead atoms. The Labute approximate surface area is 119 Å². The first-order chi connectivity index (χ1) is 9.67. The molecule has 0 spiro atoms. The summed E-state index contributed by atoms with van der Waals surface area (Å²) in [5.74, 6) is 0.00677. The minimum absolute atomic E-state index is 0.185. The van der Waals surface area contributed by atoms with Crippen LogP contribution in [0.4, 0.5) is 5.69 Å². The third-order valence-corrected chi connectivity index (χ3v) is 2.90. The predicted molar refractivity (Wildman–Crippen MR) is 77.1 cm³/mol. The molecular formula is C15H21NO4. The molecule has 110 valence electrons. The van der Waals surface area contributed by atoms with E-state index in [0.717, 1.165) is 30.7 Å². The molecule has 1 aromatic carbocycles. The van der Waals surface area contributed by atoms with E-state index < -0.39 is 5.97 Å². The lowest BCUT2D eigenvalue weighted by Crippen LogP contribution is -2.22. The molecule has 0 aliphatic rings. The summed E-state index contributed by atoms with van der Waals surface area (Å²) in [7, 11) is 0. The van der Waals surface area contributed by atoms with Crippen LogP contribution in [0, 0.1) is 0 Å². The Hall–Kier alpha value is -2.04. The van der Waals surface area contributed by atoms with Gasteiger partial charge in [-0.3, -0.25) is 9.59 Å². The Kier molecular flexibility index (Phi) is 7.17. The van der Waals surface area contributed by atoms with Crippen molar-refractivity contribution < 1.29 is 19.4 Å². The molecule has 1 aromatic rings. The van der Waals surface area contributed by atoms with Crippen LogP contribution in [-0.4, -0.2) is 30.6 Å². The van der Waals surface area contributed by atoms with Gasteiger partial charge in [-0.25, -0.2) is 0 Å². The topological polar surface area (TPSA) is 66.8 Å². The molecule has 0 atom stereocenters. The number of ether oxygens (including phenoxy) is 1. The number of rotatable bonds is 10. The molecule has 20 heavy (non-hydrogen) atoms. The van der Waals surface area contributed by atoms with Crippen molar-refractivity contribution in [3.05, 3.63) is 24.3 Å². The highest BCUT2D eigenvalue weighted by molar-refractivity contribution is 5.75. The van der Waals surface area contributed by atoms with Crippen molar-refractivity contribution in [2.75, 3.05) is 18.1 Å². The van der Waals surface area contributed by atoms with Gasteiger partial charge in [0.2, 0.25) is 6.41 Å². The van der Waals surface area contributed by atoms with Gasteiger partial charge in [0.15, 0.2) is 0 Å². The van der Waals surface area contributed by atoms with Crippen LogP contribution in [0.1, 0.15) is 32.6 Å². The van der Waals surface area contributed by atoms with Crippen molar-refractivity contribution in [1.82, 2.24) is 0 Å². The molecule has 0 fully saturated rings. The van der Waals surface area contributed by atoms with Gasteiger partial charge in [0, 0.05) is 18.7 Å². The van der Waals surface area contributed by atoms with Crippen LogP contribution < -0.4 is 9.64 Å². The van der Waals surface area contributed by atoms with E-state index in [2.05, 4.69) is 0 Å². The van der Waals surface area contributed by atoms with E-state index >= 15 is 0 Å². The summed E-state index contributed by atoms with van der Waals surface area (Å²) < 4.78 is 5.35. The number of hydrogen-bond acceptors (Lipinski definition) is 3. The van der Waals surface area contributed by atoms with Crippen LogP contribution >= 0.6 is 0 Å². The van der Waals surface area contributed by atoms with E-state index in [4.69, 9.17) is 9.84 Å². The summed E-state index contributed by atoms with van der Waals surface area (Å²) in [6.45, 7) is 3.13. The summed E-state index contributed by atoms with van der Waals surface area (Å²) in [4.78, 5) is 23.1. The number of carboxylic acid groups (broad SMARTS) is 1. The van der Waals surface area contributed by atoms with Crippen molar-refractivity contribution in [1.29, 1.82) is 0 Å². The highest BCUT2D eigenvalue weighted by Gasteiger charge is 2.05. The molecular weight excluding hydrogens is 258 g/mol. The van der Waals surface area contributed by atoms with Crippen LogP contribution in [-0.2, 0) is 9.59 Å². The van der Waals surface area contributed by atoms with E-state index in [0.29, 0.717) is 19.6 Å². The average Bonchev–Trinajstić information content (AvgIpc) is 2.44. The van der Waals surface area contributed by atoms with E-state index in [1.54, 1.807) is 4.90 Å². The number of aliphatic carboxylic acids is 1. The lowest BCUT2D eigenvalue weighted by atomic mass is 10.2. The Balaban J connectivity index is 2.41. The van der Waals surface area contributed by atoms with Gasteiger partial charge in [0.1, 0.15) is 5.75 Å². The van der Waals surface area contributed by atoms with Crippen LogP contribution in [0.15, 0.2) is 24.3 Å². The SMILES string of the molecule is CCOc1ccc(N(C=O)CCCCCC(=O)O)cc1. The monoisotopic (exact) mass is 279 g/mol. The van der Waals surface area contributed by atoms with Crippen molar-refractivity contribution >= 4 is 18.1 Å². The lowest BCUT2D eigenvalue weighted by Gasteiger charge is -2.17. The third-order valence-electron chi connectivity index (χ3n) is 2.90. The van der Waals surface area contributed by atoms with Gasteiger partial charge in [0.05, 0.1) is 6.61 Å². The molecule has 0 unspecified atom stereocenters. The molecule has 0 aliphatic carbocycles. The Bertz CT molecular complexity index is 416. The molecule has 0 saturated heterocycles. The molecule has 1 N–H and O–H groups in total. The minimum atomic E-state index is -0.774. The molecule has 0 aliphatic heterocycles. The number of amides is 1. The molecule has 0 heterocycles. The van der Waals surface area contributed by atoms with Gasteiger partial charge in [-0.1, -0.05) is 6.42 Å². The lowest BCUT2D eigenvalue weighted by molar-refractivity contribution is -0.137. The summed E-state index contributed by atoms with van der Waals surface area (Å²) in [6, 6.07) is 7.35. The zero-order valence-corrected chi connectivity index (χ0v) is 11.7. The number of carbonyl (C=O) groups is 2. The van der Waals surface area contributed by atoms with Gasteiger partial charge >= 0.3 is 5.97 Å². The van der Waals surface area contributed by atoms with E-state index in [1.165, 1.54) is 0 Å². The zero-order valence-electron chi connectivity index (χ0n) is 11.7. The first-order valence-electron chi connectivity index (χ1n) is 6.84. The second kappa shape index (κ2) is 8.96. The third kappa shape index (κ3) is 5.73. The average molecular weight is 279 g/mol. The zero-order chi connectivity index (χ0) is 14.8. The molecule has 5 heteroatoms. The maximum Gasteiger partial charge on any atom is 0.303 e. The standard InChI is InChI=1S/C15H21NO4/c1-2-20-14-9-7-13(8-10-14)16(12-17)11-5-3-4-6-15(18)19/h7-10,12H,2-6,11H2,1H3,(H,18,19). The van der Waals surface area contributed by atoms with Crippen LogP contribution in [0.5, 0.6) is 5.75 Å². The fraction of sp³-hybridized carbons (Fsp3) is 0.467. The normalized spacial score (nSPS) is 10.1. The number of nitrogens with zero attached hydrogens (tertiary/aromatic N) is 1. The van der Waals surface area contributed by atoms with Crippen LogP contribution in [0.3, 0.4) is 0 Å². The molecule has 0 radical (unpaired) electrons. The number of benzene rings is 1. The molecule has 5 nitrogen and oxygen atoms in total. The number of carbonyl (C=O) groups excluding carboxylic acids is 1. The molecule has 1 rings (SSSR count). The largest absolute Gasteiger partial charge is 0.494 e. The summed E-state index contributed by atoms with van der Waals surface area (Å²) in [5.41, 5.74) is 0.821. The second-order valence-corrected chi connectivity index (χ2v) is 4.43. The fourth-order valence-corrected chi connectivity index (χ4v) is 1.88. The van der Waals surface area contributed by atoms with Crippen LogP contribution in [0.2, 0.25) is 0 Å². The maximum atomic E-state index is 11.1. The summed E-state index contributed by atoms with van der Waals surface area (Å²) >= 11 is 0. The Morgan fingerprint density at radius 3 is 2.50 bits per heavy atom. The Morgan fingerprint density at radius 2 is 1.95 bits per heavy atom. The fourth-order valence-electron chi connectivity index (χ4n) is 1.88. The van der Waals surface area contributed by atoms with Crippen molar-refractivity contribution in [2.24, 2.45) is 0 Å². The molecule has 1 amide bonds. The highest BCUT2D eigenvalue weighted by Crippen LogP contribution is 2.19. The van der Waals surface area contributed by atoms with Gasteiger partial charge < -0.3 is 14.7 Å². The van der Waals surface area contributed by atoms with E-state index in [9.17, 15) is 9.59 Å². The van der Waals surface area contributed by atoms with Crippen molar-refractivity contribution in [3.63, 3.8) is 0 Å². The van der Waals surface area contributed by atoms with Gasteiger partial charge in [-0.15, -0.1) is 0 Å². The van der Waals surface area contributed by atoms with Gasteiger partial charge in [0.25, 0.3) is 0 Å². The summed E-state index contributed by atoms with van der Waals surface area (Å²) in [5, 5.41) is 8.54. The smallest absolute Gasteiger partial charge is 0.303 e. The first kappa shape index (κ1) is 16.0. The van der Waals surface area contributed by atoms with Gasteiger partial charge in [-0.2, -0.15) is 0 Å². The van der Waals surface area contributed by atoms with Crippen LogP contribution in [0.25, 0.3) is 0 Å². The predicted octanol–water partition coefficient (Wildman–Crippen LogP) is 2.69. The number of unbranched alkanes of at least 4 members (excludes halogenated alkanes) is 2. The van der Waals surface area contributed by atoms with E-state index in [-0.39, 0.29) is 6.42 Å². The maximum absolute atomic E-state index is 11.1. The second-order valence-electron chi connectivity index (χ2n) is 4.43. The first-order valence-corrected chi connectivity index (χ1v) is 6.84. The quantitative estimate of drug-likeness (QED) is 0.528. The summed E-state index contributed by atoms with van der Waals surface area (Å²) in [6.07, 6.45) is 3.22. The Morgan fingerprint density at radius 1 is 1.25 bits per heavy atom. The molecule has 0 saturated carbocycles. The number of carboxylic acids is 1. The number of hydrogen-bond donors (Lipinski definition) is 1. The van der Waals surface area contributed by atoms with E-state index in [1.807, 2.05) is 31.2 Å². The highest BCUT2D eigenvalue weighted by atomic mass is 16.5.